The largest absolute Gasteiger partial charge is 1.00 e. The third-order valence-corrected chi connectivity index (χ3v) is 6.83. The average molecular weight is 768 g/mol. The number of nitrogens with zero attached hydrogens (tertiary/aromatic N) is 4. The lowest BCUT2D eigenvalue weighted by Crippen LogP contribution is -3.00. The molecule has 0 aliphatic carbocycles. The number of hydrogen-bond acceptors (Lipinski definition) is 10. The van der Waals surface area contributed by atoms with Gasteiger partial charge in [-0.15, -0.1) is 11.6 Å². The van der Waals surface area contributed by atoms with Gasteiger partial charge in [-0.2, -0.15) is 34.8 Å². The van der Waals surface area contributed by atoms with Gasteiger partial charge in [0, 0.05) is 58.4 Å². The molecule has 0 radical (unpaired) electrons. The predicted octanol–water partition coefficient (Wildman–Crippen LogP) is 4.15. The summed E-state index contributed by atoms with van der Waals surface area (Å²) in [4.78, 5) is 9.16. The third kappa shape index (κ3) is 30.0. The first-order valence-electron chi connectivity index (χ1n) is 13.2. The first-order chi connectivity index (χ1) is 19.7. The average Bonchev–Trinajstić information content (AvgIpc) is 3.52. The van der Waals surface area contributed by atoms with E-state index in [1.165, 1.54) is 70.8 Å². The van der Waals surface area contributed by atoms with Gasteiger partial charge in [0.25, 0.3) is 0 Å². The van der Waals surface area contributed by atoms with Gasteiger partial charge >= 0.3 is 21.1 Å². The molecule has 10 nitrogen and oxygen atoms in total. The lowest BCUT2D eigenvalue weighted by atomic mass is 10.2. The van der Waals surface area contributed by atoms with Crippen LogP contribution in [-0.4, -0.2) is 106 Å². The van der Waals surface area contributed by atoms with E-state index < -0.39 is 31.3 Å². The van der Waals surface area contributed by atoms with Crippen LogP contribution < -0.4 is 12.4 Å². The molecule has 2 aliphatic heterocycles. The Morgan fingerprint density at radius 2 is 1.00 bits per heavy atom. The van der Waals surface area contributed by atoms with Crippen LogP contribution in [0.15, 0.2) is 24.8 Å². The Hall–Kier alpha value is -1.34. The molecule has 2 aliphatic rings. The molecule has 0 aromatic heterocycles. The fraction of sp³-hybridized carbons (Fsp3) is 0.846. The molecule has 0 N–H and O–H groups in total. The normalized spacial score (nSPS) is 13.7. The van der Waals surface area contributed by atoms with E-state index in [4.69, 9.17) is 13.0 Å². The highest BCUT2D eigenvalue weighted by atomic mass is 35.5. The third-order valence-electron chi connectivity index (χ3n) is 5.26. The van der Waals surface area contributed by atoms with Crippen molar-refractivity contribution in [1.82, 2.24) is 19.6 Å². The minimum Gasteiger partial charge on any atom is -1.00 e. The van der Waals surface area contributed by atoms with Gasteiger partial charge in [0.1, 0.15) is 0 Å². The van der Waals surface area contributed by atoms with Crippen molar-refractivity contribution in [2.75, 3.05) is 54.0 Å². The van der Waals surface area contributed by atoms with Gasteiger partial charge in [-0.1, -0.05) is 67.2 Å². The Morgan fingerprint density at radius 3 is 1.15 bits per heavy atom. The second-order valence-corrected chi connectivity index (χ2v) is 12.2. The Morgan fingerprint density at radius 1 is 0.696 bits per heavy atom. The minimum absolute atomic E-state index is 0. The van der Waals surface area contributed by atoms with E-state index in [0.29, 0.717) is 7.11 Å². The van der Waals surface area contributed by atoms with Crippen molar-refractivity contribution >= 4 is 31.8 Å². The van der Waals surface area contributed by atoms with Crippen molar-refractivity contribution in [2.24, 2.45) is 0 Å². The molecule has 46 heavy (non-hydrogen) atoms. The molecule has 0 saturated carbocycles. The SMILES string of the molecule is C.C.CCCCCCN1C=CN(C)C1.CCCCCCN1C=CN(C)C1.CCl.COS(=O)(=O)C(F)(F)F.O=S(=O)([O-])C(F)(F)F.[Cl-]. The van der Waals surface area contributed by atoms with E-state index >= 15 is 0 Å². The summed E-state index contributed by atoms with van der Waals surface area (Å²) in [6.07, 6.45) is 21.0. The van der Waals surface area contributed by atoms with Crippen LogP contribution in [0.3, 0.4) is 0 Å². The standard InChI is InChI=1S/2C10H20N2.C2H3F3O3S.CH3Cl.CHF3O3S.2CH4.ClH/c2*1-3-4-5-6-7-12-9-8-11(2)10-12;1-8-9(6,7)2(3,4)5;1-2;2-1(3,4)8(5,6)7;;;/h2*8-9H,3-7,10H2,1-2H3;1H3;1H3;(H,5,6,7);2*1H4;1H/p-2. The summed E-state index contributed by atoms with van der Waals surface area (Å²) >= 11 is 4.64. The molecule has 284 valence electrons. The summed E-state index contributed by atoms with van der Waals surface area (Å²) < 4.78 is 115. The molecule has 0 aromatic carbocycles. The lowest BCUT2D eigenvalue weighted by Gasteiger charge is -2.17. The van der Waals surface area contributed by atoms with Crippen molar-refractivity contribution in [3.05, 3.63) is 24.8 Å². The quantitative estimate of drug-likeness (QED) is 0.0760. The van der Waals surface area contributed by atoms with E-state index in [9.17, 15) is 34.8 Å². The number of unbranched alkanes of at least 4 members (excludes halogenated alkanes) is 6. The van der Waals surface area contributed by atoms with Gasteiger partial charge in [-0.25, -0.2) is 8.42 Å². The smallest absolute Gasteiger partial charge is 0.523 e. The van der Waals surface area contributed by atoms with Crippen LogP contribution in [0, 0.1) is 0 Å². The first-order valence-corrected chi connectivity index (χ1v) is 16.8. The van der Waals surface area contributed by atoms with E-state index in [1.807, 2.05) is 0 Å². The summed E-state index contributed by atoms with van der Waals surface area (Å²) in [7, 11) is -6.75. The number of alkyl halides is 7. The maximum atomic E-state index is 11.1. The summed E-state index contributed by atoms with van der Waals surface area (Å²) in [5.74, 6) is 0. The Labute approximate surface area is 285 Å². The van der Waals surface area contributed by atoms with Crippen molar-refractivity contribution in [3.63, 3.8) is 0 Å². The summed E-state index contributed by atoms with van der Waals surface area (Å²) in [5, 5.41) is 0. The molecule has 0 unspecified atom stereocenters. The van der Waals surface area contributed by atoms with Gasteiger partial charge in [0.2, 0.25) is 0 Å². The number of hydrogen-bond donors (Lipinski definition) is 0. The van der Waals surface area contributed by atoms with Gasteiger partial charge in [0.05, 0.1) is 20.4 Å². The Kier molecular flexibility index (Phi) is 36.9. The number of rotatable bonds is 11. The topological polar surface area (TPSA) is 114 Å². The van der Waals surface area contributed by atoms with Crippen LogP contribution in [0.4, 0.5) is 26.3 Å². The highest BCUT2D eigenvalue weighted by Gasteiger charge is 2.46. The molecule has 0 saturated heterocycles. The molecule has 2 rings (SSSR count). The van der Waals surface area contributed by atoms with Gasteiger partial charge in [0.15, 0.2) is 10.1 Å². The fourth-order valence-electron chi connectivity index (χ4n) is 3.05. The zero-order chi connectivity index (χ0) is 34.3. The molecular weight excluding hydrogens is 713 g/mol. The van der Waals surface area contributed by atoms with E-state index in [1.54, 1.807) is 0 Å². The molecule has 0 bridgehead atoms. The van der Waals surface area contributed by atoms with Crippen molar-refractivity contribution in [1.29, 1.82) is 0 Å². The van der Waals surface area contributed by atoms with E-state index in [0.717, 1.165) is 13.3 Å². The van der Waals surface area contributed by atoms with Gasteiger partial charge in [-0.05, 0) is 12.8 Å². The fourth-order valence-corrected chi connectivity index (χ4v) is 3.24. The Bertz CT molecular complexity index is 941. The molecule has 2 heterocycles. The van der Waals surface area contributed by atoms with Crippen LogP contribution >= 0.6 is 11.6 Å². The zero-order valence-corrected chi connectivity index (χ0v) is 29.0. The molecule has 0 spiro atoms. The van der Waals surface area contributed by atoms with Crippen LogP contribution in [-0.2, 0) is 24.4 Å². The monoisotopic (exact) mass is 766 g/mol. The summed E-state index contributed by atoms with van der Waals surface area (Å²) in [6.45, 7) is 9.10. The summed E-state index contributed by atoms with van der Waals surface area (Å²) in [5.41, 5.74) is -10.9. The van der Waals surface area contributed by atoms with Crippen molar-refractivity contribution in [3.8, 4) is 0 Å². The zero-order valence-electron chi connectivity index (χ0n) is 25.9. The second-order valence-electron chi connectivity index (χ2n) is 9.11. The minimum atomic E-state index is -6.09. The maximum Gasteiger partial charge on any atom is 0.523 e. The first kappa shape index (κ1) is 57.0. The molecule has 0 amide bonds. The van der Waals surface area contributed by atoms with E-state index in [2.05, 4.69) is 88.1 Å². The lowest BCUT2D eigenvalue weighted by molar-refractivity contribution is -0.0528. The van der Waals surface area contributed by atoms with Gasteiger partial charge < -0.3 is 36.6 Å². The highest BCUT2D eigenvalue weighted by molar-refractivity contribution is 7.87. The van der Waals surface area contributed by atoms with Crippen LogP contribution in [0.2, 0.25) is 0 Å². The molecular formula is C26H54Cl2F6N4O6S2-2. The maximum absolute atomic E-state index is 11.1. The van der Waals surface area contributed by atoms with Crippen LogP contribution in [0.5, 0.6) is 0 Å². The highest BCUT2D eigenvalue weighted by Crippen LogP contribution is 2.23. The molecule has 0 aromatic rings. The predicted molar refractivity (Wildman–Crippen MR) is 168 cm³/mol. The second kappa shape index (κ2) is 29.8. The van der Waals surface area contributed by atoms with Crippen molar-refractivity contribution in [2.45, 2.75) is 91.1 Å². The molecule has 0 atom stereocenters. The number of halogens is 8. The van der Waals surface area contributed by atoms with Crippen LogP contribution in [0.1, 0.15) is 80.1 Å². The summed E-state index contributed by atoms with van der Waals surface area (Å²) in [6, 6.07) is 0. The van der Waals surface area contributed by atoms with E-state index in [-0.39, 0.29) is 27.3 Å². The molecule has 20 heteroatoms. The van der Waals surface area contributed by atoms with Gasteiger partial charge in [-0.3, -0.25) is 4.18 Å². The van der Waals surface area contributed by atoms with Crippen LogP contribution in [0.25, 0.3) is 0 Å². The Balaban J connectivity index is -0.000000113. The van der Waals surface area contributed by atoms with Crippen molar-refractivity contribution < 1.29 is 64.3 Å². The molecule has 0 fully saturated rings.